The Morgan fingerprint density at radius 3 is 3.00 bits per heavy atom. The summed E-state index contributed by atoms with van der Waals surface area (Å²) in [6.45, 7) is 2.19. The van der Waals surface area contributed by atoms with Crippen LogP contribution in [0.5, 0.6) is 0 Å². The number of amides is 1. The first-order chi connectivity index (χ1) is 12.7. The molecule has 1 spiro atoms. The molecule has 0 bridgehead atoms. The van der Waals surface area contributed by atoms with E-state index >= 15 is 0 Å². The fourth-order valence-electron chi connectivity index (χ4n) is 4.17. The molecule has 7 heteroatoms. The average Bonchev–Trinajstić information content (AvgIpc) is 3.30. The number of piperidine rings is 1. The molecular weight excluding hydrogens is 348 g/mol. The number of aromatic nitrogens is 3. The molecule has 0 N–H and O–H groups in total. The van der Waals surface area contributed by atoms with Gasteiger partial charge in [0.2, 0.25) is 0 Å². The van der Waals surface area contributed by atoms with Gasteiger partial charge in [-0.1, -0.05) is 0 Å². The largest absolute Gasteiger partial charge is 0.370 e. The topological polar surface area (TPSA) is 60.2 Å². The number of hydrogen-bond acceptors (Lipinski definition) is 5. The lowest BCUT2D eigenvalue weighted by Crippen LogP contribution is -2.48. The van der Waals surface area contributed by atoms with Gasteiger partial charge in [0.1, 0.15) is 5.52 Å². The molecule has 1 fully saturated rings. The van der Waals surface area contributed by atoms with E-state index < -0.39 is 0 Å². The number of aryl methyl sites for hydroxylation is 1. The first kappa shape index (κ1) is 16.0. The zero-order chi connectivity index (χ0) is 17.7. The summed E-state index contributed by atoms with van der Waals surface area (Å²) in [6, 6.07) is 4.09. The van der Waals surface area contributed by atoms with E-state index in [1.807, 2.05) is 29.4 Å². The minimum absolute atomic E-state index is 0.0387. The maximum Gasteiger partial charge on any atom is 0.255 e. The van der Waals surface area contributed by atoms with Crippen molar-refractivity contribution >= 4 is 28.3 Å². The van der Waals surface area contributed by atoms with Gasteiger partial charge < -0.3 is 9.64 Å². The maximum atomic E-state index is 13.0. The normalized spacial score (nSPS) is 19.0. The molecule has 3 aromatic rings. The second-order valence-electron chi connectivity index (χ2n) is 7.04. The summed E-state index contributed by atoms with van der Waals surface area (Å²) >= 11 is 1.82. The van der Waals surface area contributed by atoms with Crippen LogP contribution in [-0.2, 0) is 23.8 Å². The van der Waals surface area contributed by atoms with Crippen LogP contribution in [0.1, 0.15) is 33.6 Å². The van der Waals surface area contributed by atoms with Crippen molar-refractivity contribution in [3.63, 3.8) is 0 Å². The number of thiophene rings is 1. The first-order valence-electron chi connectivity index (χ1n) is 8.94. The van der Waals surface area contributed by atoms with Crippen molar-refractivity contribution in [1.82, 2.24) is 19.7 Å². The first-order valence-corrected chi connectivity index (χ1v) is 9.82. The van der Waals surface area contributed by atoms with Crippen LogP contribution in [0.15, 0.2) is 29.9 Å². The molecule has 6 nitrogen and oxygen atoms in total. The van der Waals surface area contributed by atoms with E-state index in [0.29, 0.717) is 18.7 Å². The third-order valence-corrected chi connectivity index (χ3v) is 6.63. The Bertz CT molecular complexity index is 985. The van der Waals surface area contributed by atoms with Crippen molar-refractivity contribution in [3.8, 4) is 0 Å². The van der Waals surface area contributed by atoms with E-state index in [2.05, 4.69) is 21.5 Å². The highest BCUT2D eigenvalue weighted by atomic mass is 32.1. The molecule has 0 aromatic carbocycles. The number of nitrogens with zero attached hydrogens (tertiary/aromatic N) is 4. The van der Waals surface area contributed by atoms with Crippen LogP contribution in [0.4, 0.5) is 0 Å². The molecule has 134 valence electrons. The van der Waals surface area contributed by atoms with E-state index in [0.717, 1.165) is 36.9 Å². The van der Waals surface area contributed by atoms with E-state index in [9.17, 15) is 4.79 Å². The van der Waals surface area contributed by atoms with Crippen LogP contribution in [0.3, 0.4) is 0 Å². The van der Waals surface area contributed by atoms with Gasteiger partial charge in [-0.3, -0.25) is 14.5 Å². The second kappa shape index (κ2) is 5.89. The van der Waals surface area contributed by atoms with Crippen molar-refractivity contribution in [3.05, 3.63) is 45.9 Å². The van der Waals surface area contributed by atoms with Gasteiger partial charge in [-0.25, -0.2) is 0 Å². The predicted molar refractivity (Wildman–Crippen MR) is 99.3 cm³/mol. The Hall–Kier alpha value is -2.25. The average molecular weight is 368 g/mol. The van der Waals surface area contributed by atoms with Crippen LogP contribution < -0.4 is 0 Å². The molecule has 5 rings (SSSR count). The van der Waals surface area contributed by atoms with E-state index in [1.54, 1.807) is 17.1 Å². The highest BCUT2D eigenvalue weighted by Crippen LogP contribution is 2.43. The minimum Gasteiger partial charge on any atom is -0.370 e. The zero-order valence-electron chi connectivity index (χ0n) is 14.6. The fraction of sp³-hybridized carbons (Fsp3) is 0.421. The van der Waals surface area contributed by atoms with Crippen LogP contribution in [-0.4, -0.2) is 45.3 Å². The van der Waals surface area contributed by atoms with Crippen LogP contribution in [0.2, 0.25) is 0 Å². The Morgan fingerprint density at radius 2 is 2.15 bits per heavy atom. The molecule has 0 radical (unpaired) electrons. The molecule has 0 atom stereocenters. The Kier molecular flexibility index (Phi) is 3.62. The summed E-state index contributed by atoms with van der Waals surface area (Å²) in [4.78, 5) is 20.7. The molecule has 2 aliphatic heterocycles. The molecule has 2 aliphatic rings. The van der Waals surface area contributed by atoms with Gasteiger partial charge in [-0.2, -0.15) is 5.10 Å². The quantitative estimate of drug-likeness (QED) is 0.663. The highest BCUT2D eigenvalue weighted by molar-refractivity contribution is 7.10. The number of pyridine rings is 1. The second-order valence-corrected chi connectivity index (χ2v) is 8.04. The summed E-state index contributed by atoms with van der Waals surface area (Å²) in [5.41, 5.74) is 3.45. The van der Waals surface area contributed by atoms with E-state index in [-0.39, 0.29) is 11.5 Å². The van der Waals surface area contributed by atoms with Crippen molar-refractivity contribution in [1.29, 1.82) is 0 Å². The SMILES string of the molecule is Cn1ncc2ncc(C(=O)N3CCC4(CC3)OCCc3sccc34)cc21. The molecule has 3 aromatic heterocycles. The van der Waals surface area contributed by atoms with Gasteiger partial charge >= 0.3 is 0 Å². The lowest BCUT2D eigenvalue weighted by Gasteiger charge is -2.44. The Labute approximate surface area is 155 Å². The smallest absolute Gasteiger partial charge is 0.255 e. The number of likely N-dealkylation sites (tertiary alicyclic amines) is 1. The maximum absolute atomic E-state index is 13.0. The highest BCUT2D eigenvalue weighted by Gasteiger charge is 2.42. The van der Waals surface area contributed by atoms with Crippen molar-refractivity contribution in [2.24, 2.45) is 7.05 Å². The number of ether oxygens (including phenoxy) is 1. The van der Waals surface area contributed by atoms with Gasteiger partial charge in [0, 0.05) is 37.6 Å². The lowest BCUT2D eigenvalue weighted by atomic mass is 9.82. The number of fused-ring (bicyclic) bond motifs is 3. The third kappa shape index (κ3) is 2.38. The summed E-state index contributed by atoms with van der Waals surface area (Å²) < 4.78 is 7.98. The summed E-state index contributed by atoms with van der Waals surface area (Å²) in [5.74, 6) is 0.0387. The van der Waals surface area contributed by atoms with Gasteiger partial charge in [0.25, 0.3) is 5.91 Å². The molecule has 1 saturated heterocycles. The summed E-state index contributed by atoms with van der Waals surface area (Å²) in [7, 11) is 1.86. The Balaban J connectivity index is 1.37. The predicted octanol–water partition coefficient (Wildman–Crippen LogP) is 2.73. The zero-order valence-corrected chi connectivity index (χ0v) is 15.5. The van der Waals surface area contributed by atoms with Crippen LogP contribution in [0, 0.1) is 0 Å². The number of carbonyl (C=O) groups excluding carboxylic acids is 1. The van der Waals surface area contributed by atoms with Gasteiger partial charge in [0.05, 0.1) is 29.5 Å². The number of rotatable bonds is 1. The molecule has 0 unspecified atom stereocenters. The monoisotopic (exact) mass is 368 g/mol. The van der Waals surface area contributed by atoms with Crippen molar-refractivity contribution in [2.75, 3.05) is 19.7 Å². The minimum atomic E-state index is -0.200. The molecule has 1 amide bonds. The molecular formula is C19H20N4O2S. The van der Waals surface area contributed by atoms with E-state index in [4.69, 9.17) is 4.74 Å². The van der Waals surface area contributed by atoms with Crippen LogP contribution in [0.25, 0.3) is 11.0 Å². The van der Waals surface area contributed by atoms with Crippen molar-refractivity contribution < 1.29 is 9.53 Å². The lowest BCUT2D eigenvalue weighted by molar-refractivity contribution is -0.0926. The van der Waals surface area contributed by atoms with E-state index in [1.165, 1.54) is 10.4 Å². The Morgan fingerprint density at radius 1 is 1.31 bits per heavy atom. The van der Waals surface area contributed by atoms with Gasteiger partial charge in [-0.15, -0.1) is 11.3 Å². The number of carbonyl (C=O) groups is 1. The van der Waals surface area contributed by atoms with Gasteiger partial charge in [0.15, 0.2) is 0 Å². The molecule has 5 heterocycles. The number of hydrogen-bond donors (Lipinski definition) is 0. The third-order valence-electron chi connectivity index (χ3n) is 5.65. The van der Waals surface area contributed by atoms with Crippen LogP contribution >= 0.6 is 11.3 Å². The summed E-state index contributed by atoms with van der Waals surface area (Å²) in [5, 5.41) is 6.36. The molecule has 0 aliphatic carbocycles. The standard InChI is InChI=1S/C19H20N4O2S/c1-22-16-10-13(11-20-15(16)12-21-22)18(24)23-6-4-19(5-7-23)14-3-9-26-17(14)2-8-25-19/h3,9-12H,2,4-8H2,1H3. The van der Waals surface area contributed by atoms with Gasteiger partial charge in [-0.05, 0) is 35.9 Å². The molecule has 26 heavy (non-hydrogen) atoms. The summed E-state index contributed by atoms with van der Waals surface area (Å²) in [6.07, 6.45) is 6.08. The fourth-order valence-corrected chi connectivity index (χ4v) is 5.12. The molecule has 0 saturated carbocycles. The van der Waals surface area contributed by atoms with Crippen molar-refractivity contribution in [2.45, 2.75) is 24.9 Å².